The van der Waals surface area contributed by atoms with Crippen molar-refractivity contribution in [3.05, 3.63) is 35.9 Å². The second kappa shape index (κ2) is 14.6. The van der Waals surface area contributed by atoms with Crippen LogP contribution in [0.3, 0.4) is 0 Å². The van der Waals surface area contributed by atoms with E-state index >= 15 is 0 Å². The fraction of sp³-hybridized carbons (Fsp3) is 0.636. The van der Waals surface area contributed by atoms with Crippen molar-refractivity contribution in [3.63, 3.8) is 0 Å². The van der Waals surface area contributed by atoms with E-state index in [0.717, 1.165) is 44.8 Å². The Hall–Kier alpha value is -1.39. The fourth-order valence-electron chi connectivity index (χ4n) is 3.31. The molecule has 1 aliphatic heterocycles. The van der Waals surface area contributed by atoms with Crippen LogP contribution in [0.1, 0.15) is 25.8 Å². The molecule has 1 aromatic carbocycles. The molecule has 0 aliphatic carbocycles. The molecule has 30 heavy (non-hydrogen) atoms. The molecule has 1 amide bonds. The van der Waals surface area contributed by atoms with Crippen molar-refractivity contribution in [2.24, 2.45) is 10.9 Å². The Bertz CT molecular complexity index is 634. The zero-order valence-corrected chi connectivity index (χ0v) is 21.1. The van der Waals surface area contributed by atoms with Gasteiger partial charge in [-0.25, -0.2) is 4.99 Å². The van der Waals surface area contributed by atoms with Crippen LogP contribution >= 0.6 is 24.0 Å². The first-order valence-electron chi connectivity index (χ1n) is 10.5. The van der Waals surface area contributed by atoms with Crippen LogP contribution in [0, 0.1) is 5.92 Å². The standard InChI is InChI=1S/C22H37N5O2.HI/c1-18(2)14-20(27-10-12-29-13-11-27)16-24-22(25-17-21(28)26(3)4)23-15-19-8-6-5-7-9-19;/h5-9,18,20H,10-17H2,1-4H3,(H2,23,24,25);1H. The number of benzene rings is 1. The van der Waals surface area contributed by atoms with Crippen LogP contribution in [0.2, 0.25) is 0 Å². The summed E-state index contributed by atoms with van der Waals surface area (Å²) in [7, 11) is 3.52. The van der Waals surface area contributed by atoms with Gasteiger partial charge in [0.15, 0.2) is 5.96 Å². The average molecular weight is 531 g/mol. The zero-order chi connectivity index (χ0) is 21.1. The molecular formula is C22H38IN5O2. The molecule has 1 fully saturated rings. The van der Waals surface area contributed by atoms with Crippen LogP contribution < -0.4 is 10.6 Å². The number of morpholine rings is 1. The van der Waals surface area contributed by atoms with Gasteiger partial charge >= 0.3 is 0 Å². The van der Waals surface area contributed by atoms with Crippen molar-refractivity contribution in [1.82, 2.24) is 20.4 Å². The molecule has 0 radical (unpaired) electrons. The van der Waals surface area contributed by atoms with Gasteiger partial charge in [-0.3, -0.25) is 9.69 Å². The summed E-state index contributed by atoms with van der Waals surface area (Å²) in [5.41, 5.74) is 1.14. The summed E-state index contributed by atoms with van der Waals surface area (Å²) in [5.74, 6) is 1.30. The van der Waals surface area contributed by atoms with Gasteiger partial charge in [-0.2, -0.15) is 0 Å². The minimum Gasteiger partial charge on any atom is -0.379 e. The van der Waals surface area contributed by atoms with E-state index in [1.807, 2.05) is 18.2 Å². The van der Waals surface area contributed by atoms with Crippen LogP contribution in [0.5, 0.6) is 0 Å². The highest BCUT2D eigenvalue weighted by atomic mass is 127. The number of halogens is 1. The van der Waals surface area contributed by atoms with Gasteiger partial charge in [0.05, 0.1) is 26.3 Å². The number of guanidine groups is 1. The molecular weight excluding hydrogens is 493 g/mol. The average Bonchev–Trinajstić information content (AvgIpc) is 2.73. The lowest BCUT2D eigenvalue weighted by atomic mass is 10.0. The molecule has 1 saturated heterocycles. The predicted molar refractivity (Wildman–Crippen MR) is 133 cm³/mol. The molecule has 0 bridgehead atoms. The summed E-state index contributed by atoms with van der Waals surface area (Å²) < 4.78 is 5.52. The highest BCUT2D eigenvalue weighted by molar-refractivity contribution is 14.0. The Morgan fingerprint density at radius 1 is 1.17 bits per heavy atom. The number of carbonyl (C=O) groups excluding carboxylic acids is 1. The Kier molecular flexibility index (Phi) is 13.0. The van der Waals surface area contributed by atoms with Crippen LogP contribution in [0.4, 0.5) is 0 Å². The molecule has 170 valence electrons. The van der Waals surface area contributed by atoms with Gasteiger partial charge in [-0.15, -0.1) is 24.0 Å². The number of aliphatic imine (C=N–C) groups is 1. The molecule has 0 saturated carbocycles. The number of nitrogens with zero attached hydrogens (tertiary/aromatic N) is 3. The van der Waals surface area contributed by atoms with Gasteiger partial charge < -0.3 is 20.3 Å². The lowest BCUT2D eigenvalue weighted by Gasteiger charge is -2.35. The van der Waals surface area contributed by atoms with Crippen molar-refractivity contribution in [2.45, 2.75) is 32.9 Å². The van der Waals surface area contributed by atoms with Crippen molar-refractivity contribution in [2.75, 3.05) is 53.5 Å². The maximum atomic E-state index is 12.0. The fourth-order valence-corrected chi connectivity index (χ4v) is 3.31. The smallest absolute Gasteiger partial charge is 0.241 e. The van der Waals surface area contributed by atoms with Gasteiger partial charge in [0.25, 0.3) is 0 Å². The summed E-state index contributed by atoms with van der Waals surface area (Å²) in [6, 6.07) is 10.5. The van der Waals surface area contributed by atoms with Crippen molar-refractivity contribution in [1.29, 1.82) is 0 Å². The third-order valence-electron chi connectivity index (χ3n) is 4.98. The molecule has 7 nitrogen and oxygen atoms in total. The highest BCUT2D eigenvalue weighted by Crippen LogP contribution is 2.13. The van der Waals surface area contributed by atoms with Crippen molar-refractivity contribution < 1.29 is 9.53 Å². The predicted octanol–water partition coefficient (Wildman–Crippen LogP) is 2.17. The minimum absolute atomic E-state index is 0. The van der Waals surface area contributed by atoms with Gasteiger partial charge in [0.1, 0.15) is 0 Å². The van der Waals surface area contributed by atoms with E-state index in [2.05, 4.69) is 41.5 Å². The summed E-state index contributed by atoms with van der Waals surface area (Å²) in [5, 5.41) is 6.66. The number of hydrogen-bond acceptors (Lipinski definition) is 4. The first-order valence-corrected chi connectivity index (χ1v) is 10.5. The Balaban J connectivity index is 0.00000450. The van der Waals surface area contributed by atoms with Gasteiger partial charge in [-0.05, 0) is 17.9 Å². The lowest BCUT2D eigenvalue weighted by molar-refractivity contribution is -0.127. The van der Waals surface area contributed by atoms with E-state index in [4.69, 9.17) is 9.73 Å². The molecule has 1 heterocycles. The first kappa shape index (κ1) is 26.6. The number of rotatable bonds is 9. The van der Waals surface area contributed by atoms with E-state index in [-0.39, 0.29) is 36.4 Å². The maximum Gasteiger partial charge on any atom is 0.241 e. The number of carbonyl (C=O) groups is 1. The third kappa shape index (κ3) is 10.1. The van der Waals surface area contributed by atoms with Crippen LogP contribution in [0.15, 0.2) is 35.3 Å². The molecule has 0 spiro atoms. The minimum atomic E-state index is 0. The molecule has 0 aromatic heterocycles. The summed E-state index contributed by atoms with van der Waals surface area (Å²) in [6.45, 7) is 9.59. The van der Waals surface area contributed by atoms with Crippen molar-refractivity contribution >= 4 is 35.8 Å². The molecule has 8 heteroatoms. The number of nitrogens with one attached hydrogen (secondary N) is 2. The summed E-state index contributed by atoms with van der Waals surface area (Å²) in [4.78, 5) is 20.8. The first-order chi connectivity index (χ1) is 14.0. The molecule has 1 aliphatic rings. The largest absolute Gasteiger partial charge is 0.379 e. The summed E-state index contributed by atoms with van der Waals surface area (Å²) >= 11 is 0. The van der Waals surface area contributed by atoms with Crippen molar-refractivity contribution in [3.8, 4) is 0 Å². The van der Waals surface area contributed by atoms with Crippen LogP contribution in [0.25, 0.3) is 0 Å². The van der Waals surface area contributed by atoms with E-state index in [0.29, 0.717) is 24.5 Å². The molecule has 1 atom stereocenters. The molecule has 1 aromatic rings. The second-order valence-electron chi connectivity index (χ2n) is 8.10. The number of likely N-dealkylation sites (N-methyl/N-ethyl adjacent to an activating group) is 1. The SMILES string of the molecule is CC(C)CC(CNC(=NCc1ccccc1)NCC(=O)N(C)C)N1CCOCC1.I. The van der Waals surface area contributed by atoms with Crippen LogP contribution in [-0.4, -0.2) is 81.2 Å². The van der Waals surface area contributed by atoms with E-state index in [9.17, 15) is 4.79 Å². The van der Waals surface area contributed by atoms with E-state index in [1.54, 1.807) is 19.0 Å². The quantitative estimate of drug-likeness (QED) is 0.291. The molecule has 2 N–H and O–H groups in total. The van der Waals surface area contributed by atoms with Gasteiger partial charge in [-0.1, -0.05) is 44.2 Å². The highest BCUT2D eigenvalue weighted by Gasteiger charge is 2.22. The molecule has 2 rings (SSSR count). The topological polar surface area (TPSA) is 69.2 Å². The zero-order valence-electron chi connectivity index (χ0n) is 18.8. The normalized spacial score (nSPS) is 16.0. The van der Waals surface area contributed by atoms with E-state index in [1.165, 1.54) is 0 Å². The Morgan fingerprint density at radius 2 is 1.83 bits per heavy atom. The number of ether oxygens (including phenoxy) is 1. The summed E-state index contributed by atoms with van der Waals surface area (Å²) in [6.07, 6.45) is 1.11. The third-order valence-corrected chi connectivity index (χ3v) is 4.98. The number of hydrogen-bond donors (Lipinski definition) is 2. The Labute approximate surface area is 198 Å². The monoisotopic (exact) mass is 531 g/mol. The van der Waals surface area contributed by atoms with Gasteiger partial charge in [0.2, 0.25) is 5.91 Å². The molecule has 1 unspecified atom stereocenters. The Morgan fingerprint density at radius 3 is 2.43 bits per heavy atom. The lowest BCUT2D eigenvalue weighted by Crippen LogP contribution is -2.51. The maximum absolute atomic E-state index is 12.0. The second-order valence-corrected chi connectivity index (χ2v) is 8.10. The van der Waals surface area contributed by atoms with E-state index < -0.39 is 0 Å². The van der Waals surface area contributed by atoms with Crippen LogP contribution in [-0.2, 0) is 16.1 Å². The number of amides is 1. The van der Waals surface area contributed by atoms with Gasteiger partial charge in [0, 0.05) is 39.8 Å².